The molecule has 0 aromatic heterocycles. The molecule has 5 rings (SSSR count). The molecule has 5 aliphatic rings. The van der Waals surface area contributed by atoms with Crippen LogP contribution in [0.2, 0.25) is 0 Å². The minimum Gasteiger partial charge on any atom is -0.392 e. The van der Waals surface area contributed by atoms with Crippen LogP contribution < -0.4 is 26.6 Å². The first-order valence-electron chi connectivity index (χ1n) is 21.5. The first kappa shape index (κ1) is 48.6. The van der Waals surface area contributed by atoms with Crippen molar-refractivity contribution >= 4 is 0 Å². The molecule has 0 amide bonds. The van der Waals surface area contributed by atoms with Crippen molar-refractivity contribution in [1.82, 2.24) is 26.6 Å². The van der Waals surface area contributed by atoms with Gasteiger partial charge in [0.1, 0.15) is 0 Å². The van der Waals surface area contributed by atoms with Gasteiger partial charge in [0, 0.05) is 30.2 Å². The maximum atomic E-state index is 9.61. The Labute approximate surface area is 314 Å². The van der Waals surface area contributed by atoms with Crippen molar-refractivity contribution in [2.75, 3.05) is 35.2 Å². The molecule has 0 aromatic rings. The Hall–Kier alpha value is -0.400. The van der Waals surface area contributed by atoms with Crippen LogP contribution in [0.5, 0.6) is 0 Å². The minimum absolute atomic E-state index is 0.0938. The maximum Gasteiger partial charge on any atom is 0.0693 e. The molecule has 5 aliphatic carbocycles. The van der Waals surface area contributed by atoms with Crippen molar-refractivity contribution in [2.45, 2.75) is 228 Å². The highest BCUT2D eigenvalue weighted by atomic mass is 16.3. The van der Waals surface area contributed by atoms with Crippen molar-refractivity contribution in [2.24, 2.45) is 0 Å². The molecule has 10 heteroatoms. The molecule has 5 fully saturated rings. The molecular weight excluding hydrogens is 642 g/mol. The number of aliphatic hydroxyl groups is 5. The third-order valence-electron chi connectivity index (χ3n) is 12.0. The highest BCUT2D eigenvalue weighted by Crippen LogP contribution is 2.20. The smallest absolute Gasteiger partial charge is 0.0693 e. The third kappa shape index (κ3) is 22.5. The molecule has 51 heavy (non-hydrogen) atoms. The lowest BCUT2D eigenvalue weighted by Crippen LogP contribution is -2.39. The van der Waals surface area contributed by atoms with Crippen LogP contribution in [0.15, 0.2) is 0 Å². The van der Waals surface area contributed by atoms with Crippen LogP contribution in [0, 0.1) is 0 Å². The van der Waals surface area contributed by atoms with Crippen LogP contribution in [-0.4, -0.2) is 122 Å². The SMILES string of the molecule is CN[C@@H]1CCCCCC[C@H]1O.CN[C@@H]1CCCCC[C@H]1O.CN[C@H]1CCCCCC[C@@H]1O.CN[C@H]1CCCCC[C@@H]1O.CN[C@H]1CCCC[C@@H]1O. The summed E-state index contributed by atoms with van der Waals surface area (Å²) < 4.78 is 0. The van der Waals surface area contributed by atoms with Gasteiger partial charge in [0.05, 0.1) is 30.5 Å². The fourth-order valence-corrected chi connectivity index (χ4v) is 8.30. The maximum absolute atomic E-state index is 9.61. The van der Waals surface area contributed by atoms with Crippen molar-refractivity contribution in [3.05, 3.63) is 0 Å². The molecule has 10 N–H and O–H groups in total. The Kier molecular flexibility index (Phi) is 30.4. The number of nitrogens with one attached hydrogen (secondary N) is 5. The summed E-state index contributed by atoms with van der Waals surface area (Å²) in [6.07, 6.45) is 30.2. The first-order valence-corrected chi connectivity index (χ1v) is 21.5. The molecule has 0 radical (unpaired) electrons. The first-order chi connectivity index (χ1) is 24.7. The van der Waals surface area contributed by atoms with Crippen LogP contribution in [0.4, 0.5) is 0 Å². The van der Waals surface area contributed by atoms with Crippen molar-refractivity contribution in [1.29, 1.82) is 0 Å². The topological polar surface area (TPSA) is 161 Å². The molecule has 306 valence electrons. The van der Waals surface area contributed by atoms with Crippen LogP contribution in [0.25, 0.3) is 0 Å². The van der Waals surface area contributed by atoms with Crippen LogP contribution in [0.1, 0.15) is 167 Å². The summed E-state index contributed by atoms with van der Waals surface area (Å²) in [5.74, 6) is 0. The van der Waals surface area contributed by atoms with E-state index in [0.29, 0.717) is 30.2 Å². The van der Waals surface area contributed by atoms with E-state index in [1.165, 1.54) is 103 Å². The van der Waals surface area contributed by atoms with E-state index in [4.69, 9.17) is 0 Å². The van der Waals surface area contributed by atoms with Gasteiger partial charge in [-0.15, -0.1) is 0 Å². The fourth-order valence-electron chi connectivity index (χ4n) is 8.30. The molecule has 10 atom stereocenters. The Morgan fingerprint density at radius 3 is 0.569 bits per heavy atom. The molecule has 0 spiro atoms. The molecule has 0 saturated heterocycles. The number of hydrogen-bond acceptors (Lipinski definition) is 10. The Balaban J connectivity index is 0.000000319. The van der Waals surface area contributed by atoms with E-state index < -0.39 is 0 Å². The standard InChI is InChI=1S/2C9H19NO.2C8H17NO.C7H15NO/c2*1-10-8-6-4-2-3-5-7-9(8)11;2*1-9-7-5-3-2-4-6-8(7)10;1-8-6-4-2-3-5-7(6)9/h2*8-11H,2-7H2,1H3;2*7-10H,2-6H2,1H3;6-9H,2-5H2,1H3/t2*8-,9-;2*7-,8-;6-,7-/m10100/s1. The van der Waals surface area contributed by atoms with Gasteiger partial charge in [-0.05, 0) is 99.4 Å². The second-order valence-corrected chi connectivity index (χ2v) is 15.9. The molecule has 0 bridgehead atoms. The second kappa shape index (κ2) is 31.9. The molecule has 5 saturated carbocycles. The van der Waals surface area contributed by atoms with Gasteiger partial charge in [0.25, 0.3) is 0 Å². The van der Waals surface area contributed by atoms with Crippen LogP contribution in [0.3, 0.4) is 0 Å². The summed E-state index contributed by atoms with van der Waals surface area (Å²) in [5, 5.41) is 63.2. The summed E-state index contributed by atoms with van der Waals surface area (Å²) in [5.41, 5.74) is 0. The van der Waals surface area contributed by atoms with Crippen LogP contribution in [-0.2, 0) is 0 Å². The van der Waals surface area contributed by atoms with Crippen molar-refractivity contribution < 1.29 is 25.5 Å². The monoisotopic (exact) mass is 730 g/mol. The van der Waals surface area contributed by atoms with Gasteiger partial charge in [0.15, 0.2) is 0 Å². The van der Waals surface area contributed by atoms with Gasteiger partial charge in [0.2, 0.25) is 0 Å². The number of aliphatic hydroxyl groups excluding tert-OH is 5. The lowest BCUT2D eigenvalue weighted by molar-refractivity contribution is 0.0948. The summed E-state index contributed by atoms with van der Waals surface area (Å²) in [6, 6.07) is 1.74. The number of rotatable bonds is 5. The summed E-state index contributed by atoms with van der Waals surface area (Å²) in [4.78, 5) is 0. The van der Waals surface area contributed by atoms with Gasteiger partial charge in [-0.2, -0.15) is 0 Å². The Bertz CT molecular complexity index is 720. The average molecular weight is 730 g/mol. The molecule has 10 nitrogen and oxygen atoms in total. The molecule has 0 heterocycles. The molecule has 0 aromatic carbocycles. The van der Waals surface area contributed by atoms with Gasteiger partial charge in [-0.25, -0.2) is 0 Å². The highest BCUT2D eigenvalue weighted by Gasteiger charge is 2.22. The van der Waals surface area contributed by atoms with Crippen molar-refractivity contribution in [3.63, 3.8) is 0 Å². The number of hydrogen-bond donors (Lipinski definition) is 10. The van der Waals surface area contributed by atoms with E-state index in [0.717, 1.165) is 64.2 Å². The lowest BCUT2D eigenvalue weighted by atomic mass is 9.93. The van der Waals surface area contributed by atoms with Gasteiger partial charge >= 0.3 is 0 Å². The summed E-state index contributed by atoms with van der Waals surface area (Å²) in [7, 11) is 9.66. The Morgan fingerprint density at radius 1 is 0.235 bits per heavy atom. The number of likely N-dealkylation sites (N-methyl/N-ethyl adjacent to an activating group) is 5. The average Bonchev–Trinajstić information content (AvgIpc) is 3.48. The van der Waals surface area contributed by atoms with E-state index >= 15 is 0 Å². The lowest BCUT2D eigenvalue weighted by Gasteiger charge is -2.26. The quantitative estimate of drug-likeness (QED) is 0.177. The fraction of sp³-hybridized carbons (Fsp3) is 1.00. The van der Waals surface area contributed by atoms with E-state index in [1.54, 1.807) is 0 Å². The summed E-state index contributed by atoms with van der Waals surface area (Å²) >= 11 is 0. The molecular formula is C41H87N5O5. The van der Waals surface area contributed by atoms with Gasteiger partial charge in [-0.3, -0.25) is 0 Å². The zero-order chi connectivity index (χ0) is 37.7. The zero-order valence-electron chi connectivity index (χ0n) is 33.9. The highest BCUT2D eigenvalue weighted by molar-refractivity contribution is 4.80. The zero-order valence-corrected chi connectivity index (χ0v) is 33.9. The molecule has 0 aliphatic heterocycles. The van der Waals surface area contributed by atoms with Gasteiger partial charge in [-0.1, -0.05) is 103 Å². The second-order valence-electron chi connectivity index (χ2n) is 15.9. The van der Waals surface area contributed by atoms with E-state index in [9.17, 15) is 25.5 Å². The normalized spacial score (nSPS) is 35.2. The predicted octanol–water partition coefficient (Wildman–Crippen LogP) is 4.89. The van der Waals surface area contributed by atoms with E-state index in [2.05, 4.69) is 26.6 Å². The molecule has 0 unspecified atom stereocenters. The minimum atomic E-state index is -0.111. The summed E-state index contributed by atoms with van der Waals surface area (Å²) in [6.45, 7) is 0. The largest absolute Gasteiger partial charge is 0.392 e. The van der Waals surface area contributed by atoms with Gasteiger partial charge < -0.3 is 52.1 Å². The van der Waals surface area contributed by atoms with E-state index in [1.807, 2.05) is 35.2 Å². The Morgan fingerprint density at radius 2 is 0.373 bits per heavy atom. The van der Waals surface area contributed by atoms with E-state index in [-0.39, 0.29) is 30.5 Å². The van der Waals surface area contributed by atoms with Crippen LogP contribution >= 0.6 is 0 Å². The van der Waals surface area contributed by atoms with Crippen molar-refractivity contribution in [3.8, 4) is 0 Å². The predicted molar refractivity (Wildman–Crippen MR) is 214 cm³/mol. The third-order valence-corrected chi connectivity index (χ3v) is 12.0.